The van der Waals surface area contributed by atoms with Crippen LogP contribution in [0.2, 0.25) is 5.02 Å². The summed E-state index contributed by atoms with van der Waals surface area (Å²) in [5.74, 6) is -0.652. The van der Waals surface area contributed by atoms with Gasteiger partial charge in [0.2, 0.25) is 5.91 Å². The maximum atomic E-state index is 13.2. The minimum Gasteiger partial charge on any atom is -0.376 e. The molecule has 128 valence electrons. The molecule has 0 saturated carbocycles. The average molecular weight is 375 g/mol. The van der Waals surface area contributed by atoms with E-state index in [0.717, 1.165) is 10.4 Å². The smallest absolute Gasteiger partial charge is 0.240 e. The molecule has 0 saturated heterocycles. The zero-order valence-corrected chi connectivity index (χ0v) is 14.8. The van der Waals surface area contributed by atoms with E-state index in [-0.39, 0.29) is 23.5 Å². The van der Waals surface area contributed by atoms with Gasteiger partial charge in [0, 0.05) is 10.6 Å². The SMILES string of the molecule is O=C(CNc1ccc(F)c(Cl)c1)NC(c1ccccc1)c1cccs1. The van der Waals surface area contributed by atoms with Gasteiger partial charge >= 0.3 is 0 Å². The Morgan fingerprint density at radius 2 is 1.92 bits per heavy atom. The van der Waals surface area contributed by atoms with E-state index in [1.54, 1.807) is 17.4 Å². The quantitative estimate of drug-likeness (QED) is 0.647. The number of amides is 1. The molecule has 0 aliphatic carbocycles. The van der Waals surface area contributed by atoms with Crippen molar-refractivity contribution in [2.75, 3.05) is 11.9 Å². The lowest BCUT2D eigenvalue weighted by atomic mass is 10.1. The fourth-order valence-electron chi connectivity index (χ4n) is 2.42. The number of nitrogens with one attached hydrogen (secondary N) is 2. The topological polar surface area (TPSA) is 41.1 Å². The Labute approximate surface area is 154 Å². The molecule has 2 aromatic carbocycles. The molecule has 1 heterocycles. The minimum absolute atomic E-state index is 0.0196. The van der Waals surface area contributed by atoms with E-state index < -0.39 is 5.82 Å². The Hall–Kier alpha value is -2.37. The van der Waals surface area contributed by atoms with Gasteiger partial charge in [-0.05, 0) is 35.2 Å². The molecule has 2 N–H and O–H groups in total. The summed E-state index contributed by atoms with van der Waals surface area (Å²) in [6, 6.07) is 17.8. The first-order valence-corrected chi connectivity index (χ1v) is 8.96. The van der Waals surface area contributed by atoms with Gasteiger partial charge in [0.1, 0.15) is 5.82 Å². The fraction of sp³-hybridized carbons (Fsp3) is 0.105. The van der Waals surface area contributed by atoms with Crippen LogP contribution in [0.4, 0.5) is 10.1 Å². The first kappa shape index (κ1) is 17.5. The molecule has 0 bridgehead atoms. The van der Waals surface area contributed by atoms with Crippen LogP contribution in [0.25, 0.3) is 0 Å². The standard InChI is InChI=1S/C19H16ClFN2OS/c20-15-11-14(8-9-16(15)21)22-12-18(24)23-19(17-7-4-10-25-17)13-5-2-1-3-6-13/h1-11,19,22H,12H2,(H,23,24). The van der Waals surface area contributed by atoms with E-state index in [0.29, 0.717) is 5.69 Å². The fourth-order valence-corrected chi connectivity index (χ4v) is 3.40. The lowest BCUT2D eigenvalue weighted by Crippen LogP contribution is -2.33. The molecule has 3 nitrogen and oxygen atoms in total. The lowest BCUT2D eigenvalue weighted by Gasteiger charge is -2.18. The zero-order valence-electron chi connectivity index (χ0n) is 13.2. The summed E-state index contributed by atoms with van der Waals surface area (Å²) < 4.78 is 13.2. The van der Waals surface area contributed by atoms with Gasteiger partial charge < -0.3 is 10.6 Å². The molecule has 0 aliphatic rings. The van der Waals surface area contributed by atoms with Crippen molar-refractivity contribution in [1.82, 2.24) is 5.32 Å². The third-order valence-electron chi connectivity index (χ3n) is 3.64. The monoisotopic (exact) mass is 374 g/mol. The van der Waals surface area contributed by atoms with Crippen molar-refractivity contribution >= 4 is 34.5 Å². The van der Waals surface area contributed by atoms with Crippen molar-refractivity contribution in [2.24, 2.45) is 0 Å². The Balaban J connectivity index is 1.67. The number of hydrogen-bond acceptors (Lipinski definition) is 3. The van der Waals surface area contributed by atoms with Gasteiger partial charge in [0.15, 0.2) is 0 Å². The number of thiophene rings is 1. The van der Waals surface area contributed by atoms with Crippen LogP contribution >= 0.6 is 22.9 Å². The Morgan fingerprint density at radius 3 is 2.60 bits per heavy atom. The van der Waals surface area contributed by atoms with E-state index >= 15 is 0 Å². The third-order valence-corrected chi connectivity index (χ3v) is 4.87. The van der Waals surface area contributed by atoms with Gasteiger partial charge in [-0.3, -0.25) is 4.79 Å². The first-order valence-electron chi connectivity index (χ1n) is 7.70. The van der Waals surface area contributed by atoms with E-state index in [1.807, 2.05) is 47.8 Å². The number of rotatable bonds is 6. The molecule has 6 heteroatoms. The minimum atomic E-state index is -0.487. The Bertz CT molecular complexity index is 840. The molecule has 0 fully saturated rings. The Kier molecular flexibility index (Phi) is 5.68. The largest absolute Gasteiger partial charge is 0.376 e. The second-order valence-corrected chi connectivity index (χ2v) is 6.80. The maximum absolute atomic E-state index is 13.2. The number of carbonyl (C=O) groups is 1. The molecule has 0 aliphatic heterocycles. The summed E-state index contributed by atoms with van der Waals surface area (Å²) >= 11 is 7.34. The predicted octanol–water partition coefficient (Wildman–Crippen LogP) is 4.86. The van der Waals surface area contributed by atoms with Crippen LogP contribution < -0.4 is 10.6 Å². The van der Waals surface area contributed by atoms with Crippen LogP contribution in [0.1, 0.15) is 16.5 Å². The molecule has 3 rings (SSSR count). The summed E-state index contributed by atoms with van der Waals surface area (Å²) in [7, 11) is 0. The molecular formula is C19H16ClFN2OS. The van der Waals surface area contributed by atoms with Crippen molar-refractivity contribution in [1.29, 1.82) is 0 Å². The van der Waals surface area contributed by atoms with E-state index in [2.05, 4.69) is 10.6 Å². The van der Waals surface area contributed by atoms with Crippen molar-refractivity contribution in [3.63, 3.8) is 0 Å². The second-order valence-electron chi connectivity index (χ2n) is 5.41. The molecule has 3 aromatic rings. The summed E-state index contributed by atoms with van der Waals surface area (Å²) in [4.78, 5) is 13.4. The Morgan fingerprint density at radius 1 is 1.12 bits per heavy atom. The molecule has 0 radical (unpaired) electrons. The van der Waals surface area contributed by atoms with Gasteiger partial charge in [-0.2, -0.15) is 0 Å². The molecule has 1 atom stereocenters. The van der Waals surface area contributed by atoms with Crippen molar-refractivity contribution in [3.05, 3.63) is 87.3 Å². The molecule has 1 aromatic heterocycles. The first-order chi connectivity index (χ1) is 12.1. The normalized spacial score (nSPS) is 11.8. The van der Waals surface area contributed by atoms with Crippen LogP contribution in [0.5, 0.6) is 0 Å². The number of carbonyl (C=O) groups excluding carboxylic acids is 1. The summed E-state index contributed by atoms with van der Waals surface area (Å²) in [6.07, 6.45) is 0. The number of halogens is 2. The van der Waals surface area contributed by atoms with Crippen LogP contribution in [0.15, 0.2) is 66.0 Å². The molecule has 1 amide bonds. The number of benzene rings is 2. The van der Waals surface area contributed by atoms with Gasteiger partial charge in [0.05, 0.1) is 17.6 Å². The average Bonchev–Trinajstić information content (AvgIpc) is 3.16. The van der Waals surface area contributed by atoms with E-state index in [1.165, 1.54) is 12.1 Å². The highest BCUT2D eigenvalue weighted by Gasteiger charge is 2.17. The van der Waals surface area contributed by atoms with Crippen LogP contribution in [-0.4, -0.2) is 12.5 Å². The summed E-state index contributed by atoms with van der Waals surface area (Å²) in [6.45, 7) is 0.0661. The summed E-state index contributed by atoms with van der Waals surface area (Å²) in [5, 5.41) is 7.99. The van der Waals surface area contributed by atoms with Gasteiger partial charge in [-0.25, -0.2) is 4.39 Å². The number of hydrogen-bond donors (Lipinski definition) is 2. The maximum Gasteiger partial charge on any atom is 0.240 e. The molecule has 25 heavy (non-hydrogen) atoms. The highest BCUT2D eigenvalue weighted by Crippen LogP contribution is 2.26. The molecule has 1 unspecified atom stereocenters. The van der Waals surface area contributed by atoms with E-state index in [4.69, 9.17) is 11.6 Å². The van der Waals surface area contributed by atoms with Crippen molar-refractivity contribution in [3.8, 4) is 0 Å². The molecular weight excluding hydrogens is 359 g/mol. The zero-order chi connectivity index (χ0) is 17.6. The van der Waals surface area contributed by atoms with Crippen molar-refractivity contribution in [2.45, 2.75) is 6.04 Å². The number of anilines is 1. The van der Waals surface area contributed by atoms with E-state index in [9.17, 15) is 9.18 Å². The van der Waals surface area contributed by atoms with Crippen LogP contribution in [0.3, 0.4) is 0 Å². The van der Waals surface area contributed by atoms with Gasteiger partial charge in [-0.15, -0.1) is 11.3 Å². The molecule has 0 spiro atoms. The highest BCUT2D eigenvalue weighted by atomic mass is 35.5. The second kappa shape index (κ2) is 8.14. The lowest BCUT2D eigenvalue weighted by molar-refractivity contribution is -0.119. The third kappa shape index (κ3) is 4.59. The van der Waals surface area contributed by atoms with Crippen LogP contribution in [0, 0.1) is 5.82 Å². The van der Waals surface area contributed by atoms with Gasteiger partial charge in [0.25, 0.3) is 0 Å². The van der Waals surface area contributed by atoms with Gasteiger partial charge in [-0.1, -0.05) is 48.0 Å². The highest BCUT2D eigenvalue weighted by molar-refractivity contribution is 7.10. The predicted molar refractivity (Wildman–Crippen MR) is 101 cm³/mol. The van der Waals surface area contributed by atoms with Crippen LogP contribution in [-0.2, 0) is 4.79 Å². The summed E-state index contributed by atoms with van der Waals surface area (Å²) in [5.41, 5.74) is 1.61. The van der Waals surface area contributed by atoms with Crippen molar-refractivity contribution < 1.29 is 9.18 Å².